The SMILES string of the molecule is CC1C(C)(C)C(C)(C)C(C)(C)C(C)(C)C1(C)Cc1ccccc1. The maximum atomic E-state index is 2.55. The van der Waals surface area contributed by atoms with Gasteiger partial charge in [0.2, 0.25) is 0 Å². The van der Waals surface area contributed by atoms with Crippen LogP contribution < -0.4 is 0 Å². The molecule has 0 spiro atoms. The Bertz CT molecular complexity index is 559. The lowest BCUT2D eigenvalue weighted by atomic mass is 9.31. The Hall–Kier alpha value is -0.780. The molecule has 0 aliphatic heterocycles. The lowest BCUT2D eigenvalue weighted by molar-refractivity contribution is -0.248. The van der Waals surface area contributed by atoms with Crippen molar-refractivity contribution in [1.29, 1.82) is 0 Å². The first-order valence-electron chi connectivity index (χ1n) is 9.27. The number of rotatable bonds is 2. The van der Waals surface area contributed by atoms with Crippen LogP contribution in [0.1, 0.15) is 74.8 Å². The summed E-state index contributed by atoms with van der Waals surface area (Å²) >= 11 is 0. The zero-order valence-electron chi connectivity index (χ0n) is 17.2. The first-order valence-corrected chi connectivity index (χ1v) is 9.27. The van der Waals surface area contributed by atoms with E-state index in [1.165, 1.54) is 5.56 Å². The summed E-state index contributed by atoms with van der Waals surface area (Å²) in [6, 6.07) is 11.1. The molecule has 2 unspecified atom stereocenters. The van der Waals surface area contributed by atoms with E-state index in [2.05, 4.69) is 99.6 Å². The molecule has 23 heavy (non-hydrogen) atoms. The van der Waals surface area contributed by atoms with Crippen molar-refractivity contribution in [3.05, 3.63) is 35.9 Å². The third-order valence-corrected chi connectivity index (χ3v) is 9.62. The van der Waals surface area contributed by atoms with Gasteiger partial charge in [-0.15, -0.1) is 0 Å². The van der Waals surface area contributed by atoms with Crippen LogP contribution in [0, 0.1) is 33.0 Å². The molecular weight excluding hydrogens is 276 g/mol. The Labute approximate surface area is 145 Å². The summed E-state index contributed by atoms with van der Waals surface area (Å²) in [6.07, 6.45) is 1.16. The Morgan fingerprint density at radius 1 is 0.696 bits per heavy atom. The van der Waals surface area contributed by atoms with Crippen LogP contribution in [0.25, 0.3) is 0 Å². The van der Waals surface area contributed by atoms with Crippen LogP contribution in [-0.2, 0) is 6.42 Å². The van der Waals surface area contributed by atoms with E-state index in [9.17, 15) is 0 Å². The first-order chi connectivity index (χ1) is 10.2. The van der Waals surface area contributed by atoms with Crippen LogP contribution in [0.2, 0.25) is 0 Å². The van der Waals surface area contributed by atoms with Gasteiger partial charge in [-0.1, -0.05) is 99.6 Å². The topological polar surface area (TPSA) is 0 Å². The van der Waals surface area contributed by atoms with Gasteiger partial charge in [-0.05, 0) is 45.0 Å². The average Bonchev–Trinajstić information content (AvgIpc) is 2.45. The van der Waals surface area contributed by atoms with E-state index < -0.39 is 0 Å². The molecule has 1 aromatic rings. The quantitative estimate of drug-likeness (QED) is 0.552. The summed E-state index contributed by atoms with van der Waals surface area (Å²) < 4.78 is 0. The van der Waals surface area contributed by atoms with Crippen molar-refractivity contribution in [1.82, 2.24) is 0 Å². The predicted octanol–water partition coefficient (Wildman–Crippen LogP) is 6.99. The maximum Gasteiger partial charge on any atom is -0.0198 e. The molecule has 0 N–H and O–H groups in total. The Kier molecular flexibility index (Phi) is 4.12. The zero-order valence-corrected chi connectivity index (χ0v) is 17.2. The highest BCUT2D eigenvalue weighted by atomic mass is 14.7. The van der Waals surface area contributed by atoms with Gasteiger partial charge < -0.3 is 0 Å². The molecule has 0 heterocycles. The summed E-state index contributed by atoms with van der Waals surface area (Å²) in [5.74, 6) is 0.647. The minimum absolute atomic E-state index is 0.244. The van der Waals surface area contributed by atoms with Gasteiger partial charge in [0.15, 0.2) is 0 Å². The van der Waals surface area contributed by atoms with Gasteiger partial charge in [-0.2, -0.15) is 0 Å². The van der Waals surface area contributed by atoms with E-state index >= 15 is 0 Å². The lowest BCUT2D eigenvalue weighted by Crippen LogP contribution is -2.67. The smallest absolute Gasteiger partial charge is 0.0198 e. The van der Waals surface area contributed by atoms with Crippen LogP contribution >= 0.6 is 0 Å². The molecular formula is C23H38. The van der Waals surface area contributed by atoms with Crippen LogP contribution in [0.5, 0.6) is 0 Å². The second-order valence-electron chi connectivity index (χ2n) is 10.4. The summed E-state index contributed by atoms with van der Waals surface area (Å²) in [4.78, 5) is 0. The van der Waals surface area contributed by atoms with Crippen molar-refractivity contribution >= 4 is 0 Å². The van der Waals surface area contributed by atoms with Gasteiger partial charge in [0.1, 0.15) is 0 Å². The molecule has 2 atom stereocenters. The fraction of sp³-hybridized carbons (Fsp3) is 0.739. The first kappa shape index (κ1) is 18.6. The van der Waals surface area contributed by atoms with Gasteiger partial charge in [0, 0.05) is 0 Å². The van der Waals surface area contributed by atoms with Gasteiger partial charge in [0.05, 0.1) is 0 Å². The van der Waals surface area contributed by atoms with Gasteiger partial charge >= 0.3 is 0 Å². The number of benzene rings is 1. The molecule has 0 saturated heterocycles. The monoisotopic (exact) mass is 314 g/mol. The summed E-state index contributed by atoms with van der Waals surface area (Å²) in [5.41, 5.74) is 2.79. The van der Waals surface area contributed by atoms with E-state index in [1.807, 2.05) is 0 Å². The van der Waals surface area contributed by atoms with Gasteiger partial charge in [-0.3, -0.25) is 0 Å². The van der Waals surface area contributed by atoms with Crippen molar-refractivity contribution in [2.45, 2.75) is 75.7 Å². The minimum atomic E-state index is 0.244. The maximum absolute atomic E-state index is 2.55. The van der Waals surface area contributed by atoms with Crippen molar-refractivity contribution in [3.8, 4) is 0 Å². The van der Waals surface area contributed by atoms with E-state index in [4.69, 9.17) is 0 Å². The van der Waals surface area contributed by atoms with E-state index in [0.29, 0.717) is 5.92 Å². The molecule has 0 heteroatoms. The van der Waals surface area contributed by atoms with Crippen molar-refractivity contribution in [3.63, 3.8) is 0 Å². The zero-order chi connectivity index (χ0) is 17.9. The Balaban J connectivity index is 2.62. The Morgan fingerprint density at radius 3 is 1.65 bits per heavy atom. The molecule has 1 aliphatic rings. The Morgan fingerprint density at radius 2 is 1.17 bits per heavy atom. The van der Waals surface area contributed by atoms with E-state index in [1.54, 1.807) is 0 Å². The molecule has 1 fully saturated rings. The third kappa shape index (κ3) is 2.16. The third-order valence-electron chi connectivity index (χ3n) is 9.62. The molecule has 0 amide bonds. The van der Waals surface area contributed by atoms with E-state index in [0.717, 1.165) is 6.42 Å². The standard InChI is InChI=1S/C23H38/c1-17-19(2,3)20(4,5)21(6,7)22(8,9)23(17,10)16-18-14-12-11-13-15-18/h11-15,17H,16H2,1-10H3. The summed E-state index contributed by atoms with van der Waals surface area (Å²) in [7, 11) is 0. The van der Waals surface area contributed by atoms with Crippen molar-refractivity contribution in [2.75, 3.05) is 0 Å². The second kappa shape index (κ2) is 5.11. The number of hydrogen-bond donors (Lipinski definition) is 0. The van der Waals surface area contributed by atoms with Crippen molar-refractivity contribution in [2.24, 2.45) is 33.0 Å². The lowest BCUT2D eigenvalue weighted by Gasteiger charge is -2.73. The highest BCUT2D eigenvalue weighted by Crippen LogP contribution is 2.74. The molecule has 0 radical (unpaired) electrons. The highest BCUT2D eigenvalue weighted by Gasteiger charge is 2.68. The van der Waals surface area contributed by atoms with Crippen molar-refractivity contribution < 1.29 is 0 Å². The molecule has 0 aromatic heterocycles. The summed E-state index contributed by atoms with van der Waals surface area (Å²) in [6.45, 7) is 25.1. The molecule has 130 valence electrons. The highest BCUT2D eigenvalue weighted by molar-refractivity contribution is 5.23. The van der Waals surface area contributed by atoms with Crippen LogP contribution in [-0.4, -0.2) is 0 Å². The van der Waals surface area contributed by atoms with Crippen LogP contribution in [0.3, 0.4) is 0 Å². The normalized spacial score (nSPS) is 34.1. The second-order valence-corrected chi connectivity index (χ2v) is 10.4. The minimum Gasteiger partial charge on any atom is -0.0622 e. The van der Waals surface area contributed by atoms with Crippen LogP contribution in [0.15, 0.2) is 30.3 Å². The predicted molar refractivity (Wildman–Crippen MR) is 103 cm³/mol. The fourth-order valence-corrected chi connectivity index (χ4v) is 5.57. The van der Waals surface area contributed by atoms with Gasteiger partial charge in [0.25, 0.3) is 0 Å². The van der Waals surface area contributed by atoms with Gasteiger partial charge in [-0.25, -0.2) is 0 Å². The van der Waals surface area contributed by atoms with E-state index in [-0.39, 0.29) is 27.1 Å². The molecule has 0 nitrogen and oxygen atoms in total. The number of hydrogen-bond acceptors (Lipinski definition) is 0. The molecule has 0 bridgehead atoms. The summed E-state index contributed by atoms with van der Waals surface area (Å²) in [5, 5.41) is 0. The molecule has 1 aliphatic carbocycles. The fourth-order valence-electron chi connectivity index (χ4n) is 5.57. The largest absolute Gasteiger partial charge is 0.0622 e. The molecule has 1 aromatic carbocycles. The molecule has 1 saturated carbocycles. The average molecular weight is 315 g/mol. The van der Waals surface area contributed by atoms with Crippen LogP contribution in [0.4, 0.5) is 0 Å². The molecule has 2 rings (SSSR count).